The van der Waals surface area contributed by atoms with Gasteiger partial charge in [0.2, 0.25) is 5.91 Å². The molecule has 5 rings (SSSR count). The number of carbonyl (C=O) groups excluding carboxylic acids is 4. The Kier molecular flexibility index (Phi) is 4.72. The minimum Gasteiger partial charge on any atom is -0.353 e. The highest BCUT2D eigenvalue weighted by atomic mass is 16.2. The van der Waals surface area contributed by atoms with E-state index in [9.17, 15) is 19.2 Å². The molecule has 0 atom stereocenters. The van der Waals surface area contributed by atoms with Gasteiger partial charge < -0.3 is 5.32 Å². The second-order valence-corrected chi connectivity index (χ2v) is 9.68. The normalized spacial score (nSPS) is 34.3. The molecular formula is C20H30N4O4. The topological polar surface area (TPSA) is 90.0 Å². The molecule has 8 nitrogen and oxygen atoms in total. The van der Waals surface area contributed by atoms with Crippen molar-refractivity contribution in [1.82, 2.24) is 20.0 Å². The molecule has 0 spiro atoms. The number of hydrogen-bond donors (Lipinski definition) is 1. The Labute approximate surface area is 165 Å². The molecule has 0 unspecified atom stereocenters. The largest absolute Gasteiger partial charge is 0.353 e. The van der Waals surface area contributed by atoms with Gasteiger partial charge in [-0.15, -0.1) is 0 Å². The van der Waals surface area contributed by atoms with Crippen LogP contribution in [0.15, 0.2) is 0 Å². The lowest BCUT2D eigenvalue weighted by Gasteiger charge is -2.58. The summed E-state index contributed by atoms with van der Waals surface area (Å²) in [6.07, 6.45) is 6.10. The molecule has 28 heavy (non-hydrogen) atoms. The molecule has 154 valence electrons. The summed E-state index contributed by atoms with van der Waals surface area (Å²) in [6, 6.07) is -0.489. The summed E-state index contributed by atoms with van der Waals surface area (Å²) in [5, 5.41) is 2.78. The van der Waals surface area contributed by atoms with Gasteiger partial charge in [-0.1, -0.05) is 0 Å². The molecule has 5 aliphatic rings. The summed E-state index contributed by atoms with van der Waals surface area (Å²) in [7, 11) is 1.67. The number of imide groups is 2. The van der Waals surface area contributed by atoms with Crippen molar-refractivity contribution >= 4 is 23.8 Å². The highest BCUT2D eigenvalue weighted by molar-refractivity contribution is 6.44. The van der Waals surface area contributed by atoms with Crippen LogP contribution in [-0.2, 0) is 14.4 Å². The molecule has 1 heterocycles. The highest BCUT2D eigenvalue weighted by Gasteiger charge is 2.61. The van der Waals surface area contributed by atoms with E-state index in [-0.39, 0.29) is 25.2 Å². The van der Waals surface area contributed by atoms with Crippen molar-refractivity contribution in [1.29, 1.82) is 0 Å². The summed E-state index contributed by atoms with van der Waals surface area (Å²) in [4.78, 5) is 54.4. The van der Waals surface area contributed by atoms with Gasteiger partial charge in [0.25, 0.3) is 0 Å². The van der Waals surface area contributed by atoms with E-state index < -0.39 is 23.4 Å². The van der Waals surface area contributed by atoms with Gasteiger partial charge >= 0.3 is 17.8 Å². The van der Waals surface area contributed by atoms with Crippen LogP contribution in [0, 0.1) is 17.8 Å². The van der Waals surface area contributed by atoms with E-state index in [4.69, 9.17) is 0 Å². The first-order chi connectivity index (χ1) is 13.2. The summed E-state index contributed by atoms with van der Waals surface area (Å²) in [5.74, 6) is 0.0694. The van der Waals surface area contributed by atoms with Crippen molar-refractivity contribution in [2.45, 2.75) is 64.0 Å². The summed E-state index contributed by atoms with van der Waals surface area (Å²) in [5.41, 5.74) is -0.471. The summed E-state index contributed by atoms with van der Waals surface area (Å²) in [6.45, 7) is 3.74. The summed E-state index contributed by atoms with van der Waals surface area (Å²) < 4.78 is 0. The van der Waals surface area contributed by atoms with Gasteiger partial charge in [0, 0.05) is 6.04 Å². The molecule has 4 bridgehead atoms. The Morgan fingerprint density at radius 3 is 2.11 bits per heavy atom. The van der Waals surface area contributed by atoms with Crippen LogP contribution in [0.1, 0.15) is 52.4 Å². The first-order valence-corrected chi connectivity index (χ1v) is 10.4. The molecule has 0 aromatic rings. The number of hydrogen-bond acceptors (Lipinski definition) is 5. The van der Waals surface area contributed by atoms with Gasteiger partial charge in [0.1, 0.15) is 0 Å². The number of nitrogens with zero attached hydrogens (tertiary/aromatic N) is 3. The maximum absolute atomic E-state index is 13.1. The van der Waals surface area contributed by atoms with Gasteiger partial charge in [0.05, 0.1) is 18.8 Å². The van der Waals surface area contributed by atoms with Crippen LogP contribution in [0.5, 0.6) is 0 Å². The number of rotatable bonds is 6. The maximum atomic E-state index is 13.1. The van der Waals surface area contributed by atoms with Crippen LogP contribution in [0.25, 0.3) is 0 Å². The third-order valence-electron chi connectivity index (χ3n) is 6.78. The van der Waals surface area contributed by atoms with Crippen LogP contribution in [0.4, 0.5) is 4.79 Å². The molecule has 1 N–H and O–H groups in total. The van der Waals surface area contributed by atoms with Gasteiger partial charge in [-0.2, -0.15) is 0 Å². The molecule has 1 aliphatic heterocycles. The lowest BCUT2D eigenvalue weighted by Crippen LogP contribution is -2.62. The monoisotopic (exact) mass is 390 g/mol. The third-order valence-corrected chi connectivity index (χ3v) is 6.78. The minimum atomic E-state index is -0.767. The second-order valence-electron chi connectivity index (χ2n) is 9.68. The maximum Gasteiger partial charge on any atom is 0.335 e. The average Bonchev–Trinajstić information content (AvgIpc) is 2.76. The fourth-order valence-corrected chi connectivity index (χ4v) is 6.29. The predicted molar refractivity (Wildman–Crippen MR) is 101 cm³/mol. The van der Waals surface area contributed by atoms with Gasteiger partial charge in [0.15, 0.2) is 0 Å². The molecule has 1 saturated heterocycles. The van der Waals surface area contributed by atoms with E-state index >= 15 is 0 Å². The molecule has 5 amide bonds. The van der Waals surface area contributed by atoms with Gasteiger partial charge in [-0.3, -0.25) is 19.3 Å². The van der Waals surface area contributed by atoms with Crippen molar-refractivity contribution in [3.63, 3.8) is 0 Å². The minimum absolute atomic E-state index is 0.0177. The van der Waals surface area contributed by atoms with Crippen LogP contribution in [0.2, 0.25) is 0 Å². The van der Waals surface area contributed by atoms with E-state index in [1.54, 1.807) is 11.9 Å². The van der Waals surface area contributed by atoms with Gasteiger partial charge in [-0.05, 0) is 77.2 Å². The lowest BCUT2D eigenvalue weighted by molar-refractivity contribution is -0.150. The Hall–Kier alpha value is -1.96. The molecular weight excluding hydrogens is 360 g/mol. The van der Waals surface area contributed by atoms with Crippen molar-refractivity contribution < 1.29 is 19.2 Å². The van der Waals surface area contributed by atoms with Crippen LogP contribution in [0.3, 0.4) is 0 Å². The fraction of sp³-hybridized carbons (Fsp3) is 0.800. The first kappa shape index (κ1) is 19.4. The molecule has 0 radical (unpaired) electrons. The number of likely N-dealkylation sites (N-methyl/N-ethyl adjacent to an activating group) is 1. The quantitative estimate of drug-likeness (QED) is 0.543. The number of carbonyl (C=O) groups is 4. The predicted octanol–water partition coefficient (Wildman–Crippen LogP) is 1.16. The zero-order valence-electron chi connectivity index (χ0n) is 16.9. The van der Waals surface area contributed by atoms with E-state index in [1.807, 2.05) is 13.8 Å². The number of urea groups is 1. The van der Waals surface area contributed by atoms with Crippen molar-refractivity contribution in [3.8, 4) is 0 Å². The molecule has 4 aliphatic carbocycles. The molecule has 5 fully saturated rings. The number of nitrogens with one attached hydrogen (secondary N) is 1. The fourth-order valence-electron chi connectivity index (χ4n) is 6.29. The highest BCUT2D eigenvalue weighted by Crippen LogP contribution is 2.58. The molecule has 0 aromatic heterocycles. The molecule has 4 saturated carbocycles. The van der Waals surface area contributed by atoms with E-state index in [1.165, 1.54) is 24.2 Å². The standard InChI is InChI=1S/C20H30N4O4/c1-12(2)21-16(25)10-22(3)11-23-17(26)18(27)24(19(23)28)20-7-13-4-14(8-20)6-15(5-13)9-20/h12-15H,4-11H2,1-3H3,(H,21,25). The Balaban J connectivity index is 1.47. The van der Waals surface area contributed by atoms with Crippen molar-refractivity contribution in [2.75, 3.05) is 20.3 Å². The van der Waals surface area contributed by atoms with Crippen molar-refractivity contribution in [3.05, 3.63) is 0 Å². The van der Waals surface area contributed by atoms with E-state index in [2.05, 4.69) is 5.32 Å². The van der Waals surface area contributed by atoms with Crippen LogP contribution >= 0.6 is 0 Å². The first-order valence-electron chi connectivity index (χ1n) is 10.4. The average molecular weight is 390 g/mol. The second kappa shape index (κ2) is 6.83. The van der Waals surface area contributed by atoms with Crippen LogP contribution < -0.4 is 5.32 Å². The molecule has 8 heteroatoms. The Morgan fingerprint density at radius 1 is 1.07 bits per heavy atom. The van der Waals surface area contributed by atoms with Gasteiger partial charge in [-0.25, -0.2) is 14.6 Å². The van der Waals surface area contributed by atoms with E-state index in [0.717, 1.165) is 24.2 Å². The Bertz CT molecular complexity index is 684. The zero-order valence-corrected chi connectivity index (χ0v) is 16.9. The van der Waals surface area contributed by atoms with Crippen LogP contribution in [-0.4, -0.2) is 70.3 Å². The third kappa shape index (κ3) is 3.21. The Morgan fingerprint density at radius 2 is 1.61 bits per heavy atom. The van der Waals surface area contributed by atoms with Crippen molar-refractivity contribution in [2.24, 2.45) is 17.8 Å². The SMILES string of the molecule is CC(C)NC(=O)CN(C)CN1C(=O)C(=O)N(C23CC4CC(CC(C4)C2)C3)C1=O. The smallest absolute Gasteiger partial charge is 0.335 e. The van der Waals surface area contributed by atoms with E-state index in [0.29, 0.717) is 17.8 Å². The lowest BCUT2D eigenvalue weighted by atomic mass is 9.52. The number of amides is 5. The zero-order chi connectivity index (χ0) is 20.2. The summed E-state index contributed by atoms with van der Waals surface area (Å²) >= 11 is 0. The molecule has 0 aromatic carbocycles.